The number of aryl methyl sites for hydroxylation is 2. The minimum Gasteiger partial charge on any atom is -0.497 e. The van der Waals surface area contributed by atoms with Gasteiger partial charge in [-0.1, -0.05) is 12.1 Å². The van der Waals surface area contributed by atoms with Gasteiger partial charge in [0, 0.05) is 18.5 Å². The highest BCUT2D eigenvalue weighted by molar-refractivity contribution is 7.19. The summed E-state index contributed by atoms with van der Waals surface area (Å²) < 4.78 is 10.9. The third kappa shape index (κ3) is 3.89. The van der Waals surface area contributed by atoms with E-state index < -0.39 is 0 Å². The van der Waals surface area contributed by atoms with Crippen molar-refractivity contribution < 1.29 is 14.4 Å². The Morgan fingerprint density at radius 1 is 1.20 bits per heavy atom. The molecule has 158 valence electrons. The van der Waals surface area contributed by atoms with Crippen LogP contribution in [-0.2, 0) is 30.7 Å². The second kappa shape index (κ2) is 8.49. The molecule has 30 heavy (non-hydrogen) atoms. The number of ether oxygens (including phenoxy) is 2. The minimum absolute atomic E-state index is 0.789. The van der Waals surface area contributed by atoms with Gasteiger partial charge in [0.15, 0.2) is 5.82 Å². The zero-order valence-corrected chi connectivity index (χ0v) is 18.6. The van der Waals surface area contributed by atoms with Gasteiger partial charge in [0.1, 0.15) is 36.0 Å². The smallest absolute Gasteiger partial charge is 0.187 e. The molecule has 0 radical (unpaired) electrons. The number of hydrogen-bond acceptors (Lipinski definition) is 6. The lowest BCUT2D eigenvalue weighted by Gasteiger charge is -2.24. The number of hydrogen-bond donors (Lipinski definition) is 1. The van der Waals surface area contributed by atoms with Gasteiger partial charge in [0.2, 0.25) is 0 Å². The molecule has 3 heterocycles. The Morgan fingerprint density at radius 2 is 2.07 bits per heavy atom. The van der Waals surface area contributed by atoms with Gasteiger partial charge in [0.05, 0.1) is 25.7 Å². The summed E-state index contributed by atoms with van der Waals surface area (Å²) in [5.74, 6) is 2.92. The fourth-order valence-electron chi connectivity index (χ4n) is 4.55. The molecule has 7 heteroatoms. The topological polar surface area (TPSA) is 51.9 Å². The first kappa shape index (κ1) is 19.7. The van der Waals surface area contributed by atoms with E-state index in [-0.39, 0.29) is 0 Å². The third-order valence-corrected chi connectivity index (χ3v) is 7.30. The number of anilines is 1. The average molecular weight is 426 g/mol. The quantitative estimate of drug-likeness (QED) is 0.657. The van der Waals surface area contributed by atoms with Gasteiger partial charge in [-0.15, -0.1) is 11.3 Å². The molecule has 0 spiro atoms. The van der Waals surface area contributed by atoms with Crippen LogP contribution in [0.1, 0.15) is 28.2 Å². The van der Waals surface area contributed by atoms with E-state index in [0.29, 0.717) is 0 Å². The van der Waals surface area contributed by atoms with Gasteiger partial charge >= 0.3 is 0 Å². The maximum absolute atomic E-state index is 5.52. The van der Waals surface area contributed by atoms with Crippen molar-refractivity contribution in [3.63, 3.8) is 0 Å². The van der Waals surface area contributed by atoms with E-state index in [9.17, 15) is 0 Å². The van der Waals surface area contributed by atoms with Gasteiger partial charge in [-0.25, -0.2) is 9.97 Å². The fraction of sp³-hybridized carbons (Fsp3) is 0.478. The highest BCUT2D eigenvalue weighted by Gasteiger charge is 2.25. The molecule has 0 saturated carbocycles. The lowest BCUT2D eigenvalue weighted by Crippen LogP contribution is -3.12. The predicted octanol–water partition coefficient (Wildman–Crippen LogP) is 2.24. The Morgan fingerprint density at radius 3 is 2.90 bits per heavy atom. The zero-order valence-electron chi connectivity index (χ0n) is 17.7. The Hall–Kier alpha value is -2.22. The van der Waals surface area contributed by atoms with Crippen molar-refractivity contribution in [3.8, 4) is 5.75 Å². The number of methoxy groups -OCH3 is 1. The standard InChI is InChI=1S/C23H28N4O2S/c1-26(14-16-5-3-6-17(13-16)28-2)22-21-18-7-4-8-19(18)30-23(21)25-20(24-22)15-27-9-11-29-12-10-27/h3,5-6,13H,4,7-12,14-15H2,1-2H3/p+1. The molecule has 1 fully saturated rings. The number of morpholine rings is 1. The van der Waals surface area contributed by atoms with E-state index in [1.807, 2.05) is 23.5 Å². The van der Waals surface area contributed by atoms with Gasteiger partial charge in [-0.2, -0.15) is 0 Å². The number of nitrogens with zero attached hydrogens (tertiary/aromatic N) is 3. The summed E-state index contributed by atoms with van der Waals surface area (Å²) in [6.45, 7) is 5.36. The molecule has 3 aromatic rings. The maximum Gasteiger partial charge on any atom is 0.187 e. The van der Waals surface area contributed by atoms with E-state index in [1.165, 1.54) is 39.1 Å². The number of nitrogens with one attached hydrogen (secondary N) is 1. The van der Waals surface area contributed by atoms with Gasteiger partial charge in [-0.3, -0.25) is 0 Å². The van der Waals surface area contributed by atoms with Gasteiger partial charge in [0.25, 0.3) is 0 Å². The number of aromatic nitrogens is 2. The summed E-state index contributed by atoms with van der Waals surface area (Å²) in [6, 6.07) is 8.29. The van der Waals surface area contributed by atoms with E-state index in [1.54, 1.807) is 7.11 Å². The van der Waals surface area contributed by atoms with Crippen molar-refractivity contribution in [2.24, 2.45) is 0 Å². The molecular formula is C23H29N4O2S+. The maximum atomic E-state index is 5.52. The summed E-state index contributed by atoms with van der Waals surface area (Å²) in [7, 11) is 3.86. The van der Waals surface area contributed by atoms with Crippen molar-refractivity contribution in [2.45, 2.75) is 32.4 Å². The van der Waals surface area contributed by atoms with Crippen LogP contribution < -0.4 is 14.5 Å². The summed E-state index contributed by atoms with van der Waals surface area (Å²) >= 11 is 1.87. The molecule has 5 rings (SSSR count). The summed E-state index contributed by atoms with van der Waals surface area (Å²) in [4.78, 5) is 16.6. The van der Waals surface area contributed by atoms with Crippen LogP contribution >= 0.6 is 11.3 Å². The second-order valence-electron chi connectivity index (χ2n) is 8.25. The second-order valence-corrected chi connectivity index (χ2v) is 9.33. The van der Waals surface area contributed by atoms with E-state index >= 15 is 0 Å². The molecule has 6 nitrogen and oxygen atoms in total. The number of rotatable bonds is 6. The highest BCUT2D eigenvalue weighted by Crippen LogP contribution is 2.40. The SMILES string of the molecule is COc1cccc(CN(C)c2nc(C[NH+]3CCOCC3)nc3sc4c(c23)CCC4)c1. The van der Waals surface area contributed by atoms with Crippen LogP contribution in [0.4, 0.5) is 5.82 Å². The number of benzene rings is 1. The first-order valence-corrected chi connectivity index (χ1v) is 11.6. The van der Waals surface area contributed by atoms with Crippen molar-refractivity contribution in [3.05, 3.63) is 46.1 Å². The molecule has 2 aliphatic rings. The summed E-state index contributed by atoms with van der Waals surface area (Å²) in [5, 5.41) is 1.28. The Bertz CT molecular complexity index is 1050. The van der Waals surface area contributed by atoms with Gasteiger partial charge in [-0.05, 0) is 42.5 Å². The van der Waals surface area contributed by atoms with Crippen molar-refractivity contribution in [1.82, 2.24) is 9.97 Å². The third-order valence-electron chi connectivity index (χ3n) is 6.12. The van der Waals surface area contributed by atoms with Crippen LogP contribution in [0.3, 0.4) is 0 Å². The minimum atomic E-state index is 0.789. The monoisotopic (exact) mass is 425 g/mol. The van der Waals surface area contributed by atoms with Crippen LogP contribution in [0, 0.1) is 0 Å². The average Bonchev–Trinajstić information content (AvgIpc) is 3.35. The predicted molar refractivity (Wildman–Crippen MR) is 120 cm³/mol. The molecule has 1 saturated heterocycles. The van der Waals surface area contributed by atoms with Crippen LogP contribution in [0.25, 0.3) is 10.2 Å². The zero-order chi connectivity index (χ0) is 20.5. The molecule has 1 aromatic carbocycles. The first-order chi connectivity index (χ1) is 14.7. The summed E-state index contributed by atoms with van der Waals surface area (Å²) in [5.41, 5.74) is 2.70. The number of quaternary nitrogens is 1. The van der Waals surface area contributed by atoms with E-state index in [2.05, 4.69) is 24.1 Å². The Balaban J connectivity index is 1.50. The molecule has 1 aliphatic carbocycles. The fourth-order valence-corrected chi connectivity index (χ4v) is 5.83. The molecule has 0 unspecified atom stereocenters. The largest absolute Gasteiger partial charge is 0.497 e. The number of thiophene rings is 1. The van der Waals surface area contributed by atoms with Crippen molar-refractivity contribution in [1.29, 1.82) is 0 Å². The van der Waals surface area contributed by atoms with E-state index in [0.717, 1.165) is 68.0 Å². The Kier molecular flexibility index (Phi) is 5.58. The highest BCUT2D eigenvalue weighted by atomic mass is 32.1. The lowest BCUT2D eigenvalue weighted by atomic mass is 10.1. The lowest BCUT2D eigenvalue weighted by molar-refractivity contribution is -0.922. The van der Waals surface area contributed by atoms with E-state index in [4.69, 9.17) is 19.4 Å². The normalized spacial score (nSPS) is 16.7. The van der Waals surface area contributed by atoms with Crippen LogP contribution in [0.2, 0.25) is 0 Å². The van der Waals surface area contributed by atoms with Crippen molar-refractivity contribution in [2.75, 3.05) is 45.4 Å². The van der Waals surface area contributed by atoms with Crippen LogP contribution in [0.15, 0.2) is 24.3 Å². The van der Waals surface area contributed by atoms with Crippen LogP contribution in [-0.4, -0.2) is 50.4 Å². The Labute approximate surface area is 181 Å². The molecule has 0 bridgehead atoms. The van der Waals surface area contributed by atoms with Gasteiger partial charge < -0.3 is 19.3 Å². The molecule has 0 atom stereocenters. The number of fused-ring (bicyclic) bond motifs is 3. The first-order valence-electron chi connectivity index (χ1n) is 10.8. The van der Waals surface area contributed by atoms with Crippen LogP contribution in [0.5, 0.6) is 5.75 Å². The van der Waals surface area contributed by atoms with Crippen molar-refractivity contribution >= 4 is 27.4 Å². The molecular weight excluding hydrogens is 396 g/mol. The summed E-state index contributed by atoms with van der Waals surface area (Å²) in [6.07, 6.45) is 3.57. The molecule has 2 aromatic heterocycles. The molecule has 1 N–H and O–H groups in total. The molecule has 0 amide bonds. The molecule has 1 aliphatic heterocycles.